The highest BCUT2D eigenvalue weighted by atomic mass is 16.5. The molecule has 0 aromatic heterocycles. The van der Waals surface area contributed by atoms with E-state index in [0.29, 0.717) is 35.6 Å². The number of aliphatic hydroxyl groups is 1. The minimum absolute atomic E-state index is 0.0473. The Morgan fingerprint density at radius 3 is 2.34 bits per heavy atom. The van der Waals surface area contributed by atoms with Crippen molar-refractivity contribution >= 4 is 23.1 Å². The second-order valence-electron chi connectivity index (χ2n) is 8.83. The smallest absolute Gasteiger partial charge is 0.282 e. The number of imide groups is 1. The zero-order valence-electron chi connectivity index (χ0n) is 18.9. The Morgan fingerprint density at radius 2 is 1.72 bits per heavy atom. The highest BCUT2D eigenvalue weighted by Gasteiger charge is 2.43. The molecule has 2 amide bonds. The van der Waals surface area contributed by atoms with Crippen LogP contribution in [-0.4, -0.2) is 47.6 Å². The normalized spacial score (nSPS) is 19.3. The van der Waals surface area contributed by atoms with Gasteiger partial charge >= 0.3 is 0 Å². The number of carbonyl (C=O) groups excluding carboxylic acids is 2. The van der Waals surface area contributed by atoms with E-state index in [0.717, 1.165) is 24.2 Å². The second-order valence-corrected chi connectivity index (χ2v) is 8.83. The van der Waals surface area contributed by atoms with Crippen LogP contribution in [0.2, 0.25) is 0 Å². The van der Waals surface area contributed by atoms with Crippen LogP contribution in [-0.2, 0) is 9.59 Å². The lowest BCUT2D eigenvalue weighted by Crippen LogP contribution is -2.40. The van der Waals surface area contributed by atoms with Crippen molar-refractivity contribution in [1.29, 1.82) is 0 Å². The maximum atomic E-state index is 13.6. The van der Waals surface area contributed by atoms with Crippen molar-refractivity contribution in [2.45, 2.75) is 39.7 Å². The minimum Gasteiger partial charge on any atom is -0.491 e. The van der Waals surface area contributed by atoms with Gasteiger partial charge in [-0.3, -0.25) is 9.59 Å². The molecule has 2 aliphatic rings. The topological polar surface area (TPSA) is 70.1 Å². The van der Waals surface area contributed by atoms with Crippen LogP contribution >= 0.6 is 0 Å². The predicted octanol–water partition coefficient (Wildman–Crippen LogP) is 3.77. The Labute approximate surface area is 189 Å². The number of nitrogens with zero attached hydrogens (tertiary/aromatic N) is 2. The molecular weight excluding hydrogens is 404 g/mol. The largest absolute Gasteiger partial charge is 0.491 e. The van der Waals surface area contributed by atoms with Gasteiger partial charge in [-0.1, -0.05) is 29.8 Å². The molecule has 1 saturated heterocycles. The SMILES string of the molecule is Cc1ccc(N2C(=O)C(c3ccc(OC(C)C)cc3)=C(N3CCCC(CO)C3)C2=O)cc1. The maximum absolute atomic E-state index is 13.6. The molecule has 168 valence electrons. The van der Waals surface area contributed by atoms with Crippen molar-refractivity contribution in [3.05, 3.63) is 65.4 Å². The maximum Gasteiger partial charge on any atom is 0.282 e. The van der Waals surface area contributed by atoms with Crippen molar-refractivity contribution in [3.8, 4) is 5.75 Å². The molecule has 2 aromatic rings. The fraction of sp³-hybridized carbons (Fsp3) is 0.385. The van der Waals surface area contributed by atoms with Crippen molar-refractivity contribution in [3.63, 3.8) is 0 Å². The lowest BCUT2D eigenvalue weighted by molar-refractivity contribution is -0.120. The van der Waals surface area contributed by atoms with Crippen LogP contribution in [0.3, 0.4) is 0 Å². The zero-order valence-corrected chi connectivity index (χ0v) is 18.9. The summed E-state index contributed by atoms with van der Waals surface area (Å²) < 4.78 is 5.74. The number of amides is 2. The van der Waals surface area contributed by atoms with E-state index >= 15 is 0 Å². The summed E-state index contributed by atoms with van der Waals surface area (Å²) in [6.45, 7) is 7.21. The van der Waals surface area contributed by atoms with Crippen LogP contribution in [0.4, 0.5) is 5.69 Å². The van der Waals surface area contributed by atoms with Gasteiger partial charge in [-0.15, -0.1) is 0 Å². The molecular formula is C26H30N2O4. The summed E-state index contributed by atoms with van der Waals surface area (Å²) in [5, 5.41) is 9.69. The Morgan fingerprint density at radius 1 is 1.03 bits per heavy atom. The highest BCUT2D eigenvalue weighted by Crippen LogP contribution is 2.37. The number of aliphatic hydroxyl groups excluding tert-OH is 1. The van der Waals surface area contributed by atoms with Gasteiger partial charge in [0.2, 0.25) is 0 Å². The van der Waals surface area contributed by atoms with Gasteiger partial charge in [0.05, 0.1) is 17.4 Å². The van der Waals surface area contributed by atoms with E-state index in [4.69, 9.17) is 4.74 Å². The molecule has 0 bridgehead atoms. The molecule has 32 heavy (non-hydrogen) atoms. The number of benzene rings is 2. The van der Waals surface area contributed by atoms with Crippen LogP contribution in [0.15, 0.2) is 54.2 Å². The molecule has 2 heterocycles. The first-order chi connectivity index (χ1) is 15.4. The van der Waals surface area contributed by atoms with Gasteiger partial charge in [0.15, 0.2) is 0 Å². The molecule has 4 rings (SSSR count). The molecule has 6 nitrogen and oxygen atoms in total. The third-order valence-electron chi connectivity index (χ3n) is 5.96. The summed E-state index contributed by atoms with van der Waals surface area (Å²) in [6.07, 6.45) is 1.83. The molecule has 2 aliphatic heterocycles. The van der Waals surface area contributed by atoms with Crippen molar-refractivity contribution in [1.82, 2.24) is 4.90 Å². The molecule has 6 heteroatoms. The van der Waals surface area contributed by atoms with Gasteiger partial charge in [0, 0.05) is 19.7 Å². The van der Waals surface area contributed by atoms with Crippen LogP contribution in [0, 0.1) is 12.8 Å². The Bertz CT molecular complexity index is 1020. The number of anilines is 1. The summed E-state index contributed by atoms with van der Waals surface area (Å²) in [7, 11) is 0. The average molecular weight is 435 g/mol. The first kappa shape index (κ1) is 22.1. The fourth-order valence-electron chi connectivity index (χ4n) is 4.39. The predicted molar refractivity (Wildman–Crippen MR) is 124 cm³/mol. The molecule has 1 N–H and O–H groups in total. The summed E-state index contributed by atoms with van der Waals surface area (Å²) in [5.74, 6) is 0.180. The van der Waals surface area contributed by atoms with Crippen LogP contribution in [0.25, 0.3) is 5.57 Å². The van der Waals surface area contributed by atoms with E-state index < -0.39 is 0 Å². The third-order valence-corrected chi connectivity index (χ3v) is 5.96. The summed E-state index contributed by atoms with van der Waals surface area (Å²) in [6, 6.07) is 14.7. The molecule has 1 atom stereocenters. The van der Waals surface area contributed by atoms with E-state index in [1.807, 2.05) is 62.1 Å². The van der Waals surface area contributed by atoms with E-state index in [9.17, 15) is 14.7 Å². The van der Waals surface area contributed by atoms with Gasteiger partial charge in [0.25, 0.3) is 11.8 Å². The summed E-state index contributed by atoms with van der Waals surface area (Å²) in [5.41, 5.74) is 3.14. The molecule has 2 aromatic carbocycles. The summed E-state index contributed by atoms with van der Waals surface area (Å²) >= 11 is 0. The quantitative estimate of drug-likeness (QED) is 0.701. The van der Waals surface area contributed by atoms with Gasteiger partial charge < -0.3 is 14.7 Å². The third kappa shape index (κ3) is 4.28. The summed E-state index contributed by atoms with van der Waals surface area (Å²) in [4.78, 5) is 30.5. The molecule has 0 aliphatic carbocycles. The van der Waals surface area contributed by atoms with Crippen molar-refractivity contribution in [2.75, 3.05) is 24.6 Å². The monoisotopic (exact) mass is 434 g/mol. The Hall–Kier alpha value is -3.12. The Balaban J connectivity index is 1.76. The van der Waals surface area contributed by atoms with Crippen LogP contribution in [0.1, 0.15) is 37.8 Å². The number of ether oxygens (including phenoxy) is 1. The highest BCUT2D eigenvalue weighted by molar-refractivity contribution is 6.45. The number of rotatable bonds is 6. The van der Waals surface area contributed by atoms with E-state index in [1.54, 1.807) is 12.1 Å². The number of hydrogen-bond donors (Lipinski definition) is 1. The lowest BCUT2D eigenvalue weighted by Gasteiger charge is -2.34. The number of piperidine rings is 1. The van der Waals surface area contributed by atoms with Gasteiger partial charge in [-0.2, -0.15) is 0 Å². The van der Waals surface area contributed by atoms with E-state index in [1.165, 1.54) is 4.90 Å². The molecule has 0 radical (unpaired) electrons. The molecule has 1 fully saturated rings. The van der Waals surface area contributed by atoms with Crippen LogP contribution < -0.4 is 9.64 Å². The zero-order chi connectivity index (χ0) is 22.8. The number of likely N-dealkylation sites (tertiary alicyclic amines) is 1. The van der Waals surface area contributed by atoms with E-state index in [-0.39, 0.29) is 30.4 Å². The lowest BCUT2D eigenvalue weighted by atomic mass is 9.97. The van der Waals surface area contributed by atoms with Gasteiger partial charge in [0.1, 0.15) is 11.4 Å². The molecule has 0 saturated carbocycles. The minimum atomic E-state index is -0.322. The number of aryl methyl sites for hydroxylation is 1. The van der Waals surface area contributed by atoms with Crippen molar-refractivity contribution < 1.29 is 19.4 Å². The van der Waals surface area contributed by atoms with Crippen LogP contribution in [0.5, 0.6) is 5.75 Å². The van der Waals surface area contributed by atoms with Gasteiger partial charge in [-0.05, 0) is 69.4 Å². The number of carbonyl (C=O) groups is 2. The second kappa shape index (κ2) is 9.17. The number of hydrogen-bond acceptors (Lipinski definition) is 5. The molecule has 0 spiro atoms. The first-order valence-electron chi connectivity index (χ1n) is 11.2. The van der Waals surface area contributed by atoms with Crippen molar-refractivity contribution in [2.24, 2.45) is 5.92 Å². The molecule has 1 unspecified atom stereocenters. The Kier molecular flexibility index (Phi) is 6.33. The average Bonchev–Trinajstić information content (AvgIpc) is 3.04. The standard InChI is InChI=1S/C26H30N2O4/c1-17(2)32-22-12-8-20(9-13-22)23-24(27-14-4-5-19(15-27)16-29)26(31)28(25(23)30)21-10-6-18(3)7-11-21/h6-13,17,19,29H,4-5,14-16H2,1-3H3. The fourth-order valence-corrected chi connectivity index (χ4v) is 4.39. The first-order valence-corrected chi connectivity index (χ1v) is 11.2. The van der Waals surface area contributed by atoms with Gasteiger partial charge in [-0.25, -0.2) is 4.90 Å². The van der Waals surface area contributed by atoms with E-state index in [2.05, 4.69) is 0 Å².